The molecule has 2 aliphatic heterocycles. The molecule has 10 rings (SSSR count). The molecule has 0 bridgehead atoms. The van der Waals surface area contributed by atoms with E-state index in [2.05, 4.69) is 209 Å². The van der Waals surface area contributed by atoms with Crippen molar-refractivity contribution in [2.45, 2.75) is 6.92 Å². The van der Waals surface area contributed by atoms with Crippen LogP contribution in [-0.2, 0) is 0 Å². The molecule has 5 nitrogen and oxygen atoms in total. The van der Waals surface area contributed by atoms with Crippen LogP contribution < -0.4 is 31.1 Å². The number of fused-ring (bicyclic) bond motifs is 4. The second-order valence-corrected chi connectivity index (χ2v) is 14.8. The fourth-order valence-corrected chi connectivity index (χ4v) is 8.65. The van der Waals surface area contributed by atoms with Crippen molar-refractivity contribution in [2.75, 3.05) is 14.7 Å². The lowest BCUT2D eigenvalue weighted by Gasteiger charge is -2.44. The maximum atomic E-state index is 4.98. The molecule has 0 saturated heterocycles. The number of benzene rings is 8. The molecule has 0 radical (unpaired) electrons. The first-order valence-electron chi connectivity index (χ1n) is 20.0. The Morgan fingerprint density at radius 3 is 1.76 bits per heavy atom. The molecule has 0 N–H and O–H groups in total. The van der Waals surface area contributed by atoms with Crippen LogP contribution in [-0.4, -0.2) is 19.1 Å². The Kier molecular flexibility index (Phi) is 9.28. The first-order valence-corrected chi connectivity index (χ1v) is 20.0. The Balaban J connectivity index is 1.22. The molecule has 0 atom stereocenters. The average Bonchev–Trinajstić information content (AvgIpc) is 3.31. The predicted molar refractivity (Wildman–Crippen MR) is 251 cm³/mol. The molecule has 0 unspecified atom stereocenters. The second-order valence-electron chi connectivity index (χ2n) is 14.8. The zero-order valence-corrected chi connectivity index (χ0v) is 32.7. The van der Waals surface area contributed by atoms with Gasteiger partial charge in [-0.05, 0) is 113 Å². The largest absolute Gasteiger partial charge is 0.311 e. The standard InChI is InChI=1S/C53H40BN5/c1-38(39-19-8-3-9-20-39)56-37-52(55-2)59-49-30-18-29-48-53(49)54(46-33-31-41(35-50(46)59)40-21-10-4-11-22-40)47-34-32-45(36-51(47)58(48)44-27-16-7-17-28-44)57(42-23-12-5-13-24-42)43-25-14-6-15-26-43/h3-37H,2H2,1H3/b52-37+,56-38+. The van der Waals surface area contributed by atoms with Crippen molar-refractivity contribution >= 4 is 81.0 Å². The van der Waals surface area contributed by atoms with E-state index in [1.54, 1.807) is 0 Å². The van der Waals surface area contributed by atoms with Gasteiger partial charge >= 0.3 is 0 Å². The quantitative estimate of drug-likeness (QED) is 0.109. The molecule has 2 heterocycles. The SMILES string of the molecule is C=N/C(=C\N=C(/C)c1ccccc1)N1c2cc(-c3ccccc3)ccc2B2c3ccc(N(c4ccccc4)c4ccccc4)cc3N(c3ccccc3)c3cccc1c32. The third-order valence-electron chi connectivity index (χ3n) is 11.3. The van der Waals surface area contributed by atoms with Crippen molar-refractivity contribution in [3.05, 3.63) is 224 Å². The van der Waals surface area contributed by atoms with Gasteiger partial charge in [-0.25, -0.2) is 4.99 Å². The molecule has 0 aliphatic carbocycles. The summed E-state index contributed by atoms with van der Waals surface area (Å²) in [5.41, 5.74) is 16.5. The summed E-state index contributed by atoms with van der Waals surface area (Å²) in [6.45, 7) is 6.09. The summed E-state index contributed by atoms with van der Waals surface area (Å²) in [4.78, 5) is 16.7. The Morgan fingerprint density at radius 2 is 1.10 bits per heavy atom. The van der Waals surface area contributed by atoms with Crippen LogP contribution in [0.1, 0.15) is 12.5 Å². The van der Waals surface area contributed by atoms with E-state index in [-0.39, 0.29) is 6.71 Å². The summed E-state index contributed by atoms with van der Waals surface area (Å²) < 4.78 is 0. The number of nitrogens with zero attached hydrogens (tertiary/aromatic N) is 5. The molecular weight excluding hydrogens is 717 g/mol. The zero-order chi connectivity index (χ0) is 39.7. The Hall–Kier alpha value is -7.70. The molecule has 59 heavy (non-hydrogen) atoms. The van der Waals surface area contributed by atoms with Crippen LogP contribution in [0.2, 0.25) is 0 Å². The van der Waals surface area contributed by atoms with Gasteiger partial charge in [-0.15, -0.1) is 0 Å². The third-order valence-corrected chi connectivity index (χ3v) is 11.3. The molecule has 0 spiro atoms. The van der Waals surface area contributed by atoms with Crippen LogP contribution in [0.5, 0.6) is 0 Å². The lowest BCUT2D eigenvalue weighted by atomic mass is 9.33. The van der Waals surface area contributed by atoms with Crippen LogP contribution in [0.3, 0.4) is 0 Å². The first-order chi connectivity index (χ1) is 29.2. The molecule has 6 heteroatoms. The van der Waals surface area contributed by atoms with Crippen molar-refractivity contribution in [1.82, 2.24) is 0 Å². The third kappa shape index (κ3) is 6.41. The smallest absolute Gasteiger partial charge is 0.252 e. The molecule has 0 fully saturated rings. The highest BCUT2D eigenvalue weighted by molar-refractivity contribution is 7.00. The van der Waals surface area contributed by atoms with E-state index in [9.17, 15) is 0 Å². The summed E-state index contributed by atoms with van der Waals surface area (Å²) in [5.74, 6) is 0.646. The van der Waals surface area contributed by atoms with Gasteiger partial charge in [0, 0.05) is 51.2 Å². The first kappa shape index (κ1) is 35.7. The number of anilines is 8. The van der Waals surface area contributed by atoms with E-state index in [1.165, 1.54) is 16.4 Å². The molecule has 0 saturated carbocycles. The van der Waals surface area contributed by atoms with E-state index in [0.717, 1.165) is 67.9 Å². The Labute approximate surface area is 346 Å². The van der Waals surface area contributed by atoms with Crippen LogP contribution in [0.15, 0.2) is 228 Å². The fraction of sp³-hybridized carbons (Fsp3) is 0.0189. The van der Waals surface area contributed by atoms with Gasteiger partial charge < -0.3 is 9.80 Å². The highest BCUT2D eigenvalue weighted by Gasteiger charge is 2.43. The Morgan fingerprint density at radius 1 is 0.525 bits per heavy atom. The minimum atomic E-state index is -0.0659. The summed E-state index contributed by atoms with van der Waals surface area (Å²) in [6, 6.07) is 73.2. The van der Waals surface area contributed by atoms with Crippen molar-refractivity contribution in [3.63, 3.8) is 0 Å². The van der Waals surface area contributed by atoms with Crippen LogP contribution >= 0.6 is 0 Å². The van der Waals surface area contributed by atoms with Crippen molar-refractivity contribution in [2.24, 2.45) is 9.98 Å². The van der Waals surface area contributed by atoms with Gasteiger partial charge in [-0.3, -0.25) is 9.89 Å². The molecule has 8 aromatic rings. The molecular formula is C53H40BN5. The topological polar surface area (TPSA) is 34.4 Å². The minimum Gasteiger partial charge on any atom is -0.311 e. The van der Waals surface area contributed by atoms with Crippen molar-refractivity contribution < 1.29 is 0 Å². The summed E-state index contributed by atoms with van der Waals surface area (Å²) in [7, 11) is 0. The maximum absolute atomic E-state index is 4.98. The van der Waals surface area contributed by atoms with E-state index in [4.69, 9.17) is 9.98 Å². The van der Waals surface area contributed by atoms with Crippen molar-refractivity contribution in [3.8, 4) is 11.1 Å². The average molecular weight is 758 g/mol. The summed E-state index contributed by atoms with van der Waals surface area (Å²) >= 11 is 0. The number of rotatable bonds is 9. The van der Waals surface area contributed by atoms with E-state index < -0.39 is 0 Å². The van der Waals surface area contributed by atoms with Gasteiger partial charge in [0.05, 0.1) is 6.20 Å². The van der Waals surface area contributed by atoms with Gasteiger partial charge in [-0.1, -0.05) is 140 Å². The highest BCUT2D eigenvalue weighted by Crippen LogP contribution is 2.45. The van der Waals surface area contributed by atoms with Crippen LogP contribution in [0.25, 0.3) is 11.1 Å². The monoisotopic (exact) mass is 757 g/mol. The number of hydrogen-bond acceptors (Lipinski definition) is 5. The van der Waals surface area contributed by atoms with E-state index in [0.29, 0.717) is 5.82 Å². The van der Waals surface area contributed by atoms with Gasteiger partial charge in [0.25, 0.3) is 6.71 Å². The highest BCUT2D eigenvalue weighted by atomic mass is 15.2. The molecule has 0 aromatic heterocycles. The predicted octanol–water partition coefficient (Wildman–Crippen LogP) is 11.6. The lowest BCUT2D eigenvalue weighted by Crippen LogP contribution is -2.61. The number of hydrogen-bond donors (Lipinski definition) is 0. The molecule has 0 amide bonds. The molecule has 8 aromatic carbocycles. The fourth-order valence-electron chi connectivity index (χ4n) is 8.65. The van der Waals surface area contributed by atoms with E-state index >= 15 is 0 Å². The second kappa shape index (κ2) is 15.3. The van der Waals surface area contributed by atoms with Crippen molar-refractivity contribution in [1.29, 1.82) is 0 Å². The van der Waals surface area contributed by atoms with E-state index in [1.807, 2.05) is 31.3 Å². The van der Waals surface area contributed by atoms with Crippen LogP contribution in [0, 0.1) is 0 Å². The van der Waals surface area contributed by atoms with Gasteiger partial charge in [0.1, 0.15) is 0 Å². The lowest BCUT2D eigenvalue weighted by molar-refractivity contribution is 1.11. The van der Waals surface area contributed by atoms with Gasteiger partial charge in [-0.2, -0.15) is 0 Å². The summed E-state index contributed by atoms with van der Waals surface area (Å²) in [6.07, 6.45) is 1.85. The minimum absolute atomic E-state index is 0.0659. The zero-order valence-electron chi connectivity index (χ0n) is 32.7. The molecule has 2 aliphatic rings. The number of para-hydroxylation sites is 3. The Bertz CT molecular complexity index is 2820. The van der Waals surface area contributed by atoms with Crippen LogP contribution in [0.4, 0.5) is 45.5 Å². The summed E-state index contributed by atoms with van der Waals surface area (Å²) in [5, 5.41) is 0. The number of aliphatic imine (C=N–C) groups is 2. The normalized spacial score (nSPS) is 13.0. The molecule has 280 valence electrons. The van der Waals surface area contributed by atoms with Gasteiger partial charge in [0.2, 0.25) is 0 Å². The van der Waals surface area contributed by atoms with Gasteiger partial charge in [0.15, 0.2) is 5.82 Å². The maximum Gasteiger partial charge on any atom is 0.252 e.